The van der Waals surface area contributed by atoms with Gasteiger partial charge in [0.1, 0.15) is 0 Å². The van der Waals surface area contributed by atoms with Gasteiger partial charge in [0.15, 0.2) is 5.78 Å². The Hall–Kier alpha value is -0.890. The van der Waals surface area contributed by atoms with Crippen LogP contribution in [-0.4, -0.2) is 17.0 Å². The van der Waals surface area contributed by atoms with E-state index in [9.17, 15) is 9.90 Å². The van der Waals surface area contributed by atoms with E-state index in [-0.39, 0.29) is 23.7 Å². The molecule has 76 valence electrons. The number of hydrogen-bond donors (Lipinski definition) is 1. The molecule has 0 saturated heterocycles. The largest absolute Gasteiger partial charge is 0.392 e. The highest BCUT2D eigenvalue weighted by atomic mass is 16.3. The zero-order valence-corrected chi connectivity index (χ0v) is 8.23. The van der Waals surface area contributed by atoms with Crippen LogP contribution in [0.2, 0.25) is 0 Å². The molecule has 0 aromatic rings. The maximum atomic E-state index is 11.6. The summed E-state index contributed by atoms with van der Waals surface area (Å²) in [6, 6.07) is 0. The van der Waals surface area contributed by atoms with Gasteiger partial charge in [-0.1, -0.05) is 18.2 Å². The minimum atomic E-state index is -0.319. The van der Waals surface area contributed by atoms with Crippen LogP contribution in [0.15, 0.2) is 24.3 Å². The Morgan fingerprint density at radius 1 is 1.21 bits per heavy atom. The maximum Gasteiger partial charge on any atom is 0.159 e. The molecule has 0 aromatic heterocycles. The SMILES string of the molecule is O=C1C=CCCC1C1C=CCCC1O. The fourth-order valence-corrected chi connectivity index (χ4v) is 2.37. The normalized spacial score (nSPS) is 37.5. The van der Waals surface area contributed by atoms with E-state index in [0.29, 0.717) is 0 Å². The van der Waals surface area contributed by atoms with Gasteiger partial charge >= 0.3 is 0 Å². The lowest BCUT2D eigenvalue weighted by atomic mass is 9.76. The van der Waals surface area contributed by atoms with Crippen LogP contribution < -0.4 is 0 Å². The summed E-state index contributed by atoms with van der Waals surface area (Å²) in [6.07, 6.45) is 11.0. The van der Waals surface area contributed by atoms with E-state index >= 15 is 0 Å². The summed E-state index contributed by atoms with van der Waals surface area (Å²) >= 11 is 0. The van der Waals surface area contributed by atoms with Crippen molar-refractivity contribution in [2.75, 3.05) is 0 Å². The molecule has 0 aliphatic heterocycles. The summed E-state index contributed by atoms with van der Waals surface area (Å²) in [5.74, 6) is 0.264. The molecule has 2 heteroatoms. The van der Waals surface area contributed by atoms with Crippen LogP contribution in [0.25, 0.3) is 0 Å². The molecule has 0 heterocycles. The van der Waals surface area contributed by atoms with Gasteiger partial charge in [0, 0.05) is 11.8 Å². The van der Waals surface area contributed by atoms with E-state index < -0.39 is 0 Å². The average molecular weight is 192 g/mol. The summed E-state index contributed by atoms with van der Waals surface area (Å²) in [5, 5.41) is 9.81. The van der Waals surface area contributed by atoms with Crippen molar-refractivity contribution in [1.29, 1.82) is 0 Å². The van der Waals surface area contributed by atoms with Gasteiger partial charge in [-0.15, -0.1) is 0 Å². The second kappa shape index (κ2) is 4.09. The van der Waals surface area contributed by atoms with Gasteiger partial charge in [-0.3, -0.25) is 4.79 Å². The Kier molecular flexibility index (Phi) is 2.82. The molecule has 2 nitrogen and oxygen atoms in total. The fraction of sp³-hybridized carbons (Fsp3) is 0.583. The van der Waals surface area contributed by atoms with Crippen molar-refractivity contribution in [3.8, 4) is 0 Å². The highest BCUT2D eigenvalue weighted by molar-refractivity contribution is 5.92. The average Bonchev–Trinajstić information content (AvgIpc) is 2.20. The number of hydrogen-bond acceptors (Lipinski definition) is 2. The smallest absolute Gasteiger partial charge is 0.159 e. The van der Waals surface area contributed by atoms with Crippen molar-refractivity contribution in [1.82, 2.24) is 0 Å². The van der Waals surface area contributed by atoms with E-state index in [2.05, 4.69) is 6.08 Å². The predicted molar refractivity (Wildman–Crippen MR) is 54.7 cm³/mol. The van der Waals surface area contributed by atoms with Crippen LogP contribution in [0.4, 0.5) is 0 Å². The number of carbonyl (C=O) groups excluding carboxylic acids is 1. The molecule has 0 amide bonds. The summed E-state index contributed by atoms with van der Waals surface area (Å²) < 4.78 is 0. The summed E-state index contributed by atoms with van der Waals surface area (Å²) in [6.45, 7) is 0. The number of ketones is 1. The highest BCUT2D eigenvalue weighted by Gasteiger charge is 2.32. The van der Waals surface area contributed by atoms with Gasteiger partial charge < -0.3 is 5.11 Å². The monoisotopic (exact) mass is 192 g/mol. The van der Waals surface area contributed by atoms with Crippen LogP contribution >= 0.6 is 0 Å². The lowest BCUT2D eigenvalue weighted by molar-refractivity contribution is -0.121. The maximum absolute atomic E-state index is 11.6. The molecule has 2 rings (SSSR count). The van der Waals surface area contributed by atoms with E-state index in [1.807, 2.05) is 12.2 Å². The number of aliphatic hydroxyl groups is 1. The first-order chi connectivity index (χ1) is 6.79. The third-order valence-electron chi connectivity index (χ3n) is 3.19. The van der Waals surface area contributed by atoms with Crippen LogP contribution in [0.1, 0.15) is 25.7 Å². The topological polar surface area (TPSA) is 37.3 Å². The van der Waals surface area contributed by atoms with Gasteiger partial charge in [-0.2, -0.15) is 0 Å². The van der Waals surface area contributed by atoms with Crippen molar-refractivity contribution >= 4 is 5.78 Å². The first-order valence-corrected chi connectivity index (χ1v) is 5.34. The number of allylic oxidation sites excluding steroid dienone is 3. The minimum Gasteiger partial charge on any atom is -0.392 e. The molecule has 2 aliphatic carbocycles. The molecule has 3 atom stereocenters. The quantitative estimate of drug-likeness (QED) is 0.644. The van der Waals surface area contributed by atoms with Crippen molar-refractivity contribution in [2.24, 2.45) is 11.8 Å². The Bertz CT molecular complexity index is 278. The number of carbonyl (C=O) groups is 1. The second-order valence-corrected chi connectivity index (χ2v) is 4.14. The number of aliphatic hydroxyl groups excluding tert-OH is 1. The highest BCUT2D eigenvalue weighted by Crippen LogP contribution is 2.31. The second-order valence-electron chi connectivity index (χ2n) is 4.14. The lowest BCUT2D eigenvalue weighted by Gasteiger charge is -2.30. The molecule has 0 fully saturated rings. The van der Waals surface area contributed by atoms with Gasteiger partial charge in [0.2, 0.25) is 0 Å². The van der Waals surface area contributed by atoms with Crippen LogP contribution in [-0.2, 0) is 4.79 Å². The summed E-state index contributed by atoms with van der Waals surface area (Å²) in [4.78, 5) is 11.6. The zero-order chi connectivity index (χ0) is 9.97. The molecule has 0 radical (unpaired) electrons. The molecule has 3 unspecified atom stereocenters. The van der Waals surface area contributed by atoms with Crippen LogP contribution in [0.5, 0.6) is 0 Å². The molecule has 2 aliphatic rings. The molecular formula is C12H16O2. The minimum absolute atomic E-state index is 0.0200. The van der Waals surface area contributed by atoms with Crippen molar-refractivity contribution in [3.05, 3.63) is 24.3 Å². The Morgan fingerprint density at radius 3 is 2.71 bits per heavy atom. The van der Waals surface area contributed by atoms with E-state index in [1.165, 1.54) is 0 Å². The van der Waals surface area contributed by atoms with Gasteiger partial charge in [-0.25, -0.2) is 0 Å². The number of rotatable bonds is 1. The Morgan fingerprint density at radius 2 is 2.00 bits per heavy atom. The van der Waals surface area contributed by atoms with E-state index in [1.54, 1.807) is 6.08 Å². The first-order valence-electron chi connectivity index (χ1n) is 5.34. The summed E-state index contributed by atoms with van der Waals surface area (Å²) in [5.41, 5.74) is 0. The van der Waals surface area contributed by atoms with Gasteiger partial charge in [0.05, 0.1) is 6.10 Å². The van der Waals surface area contributed by atoms with Crippen LogP contribution in [0, 0.1) is 11.8 Å². The Labute approximate surface area is 84.3 Å². The third-order valence-corrected chi connectivity index (χ3v) is 3.19. The van der Waals surface area contributed by atoms with E-state index in [4.69, 9.17) is 0 Å². The molecule has 14 heavy (non-hydrogen) atoms. The predicted octanol–water partition coefficient (Wildman–Crippen LogP) is 1.85. The first kappa shape index (κ1) is 9.66. The van der Waals surface area contributed by atoms with Crippen molar-refractivity contribution in [3.63, 3.8) is 0 Å². The molecule has 0 spiro atoms. The molecule has 1 N–H and O–H groups in total. The van der Waals surface area contributed by atoms with Gasteiger partial charge in [-0.05, 0) is 31.8 Å². The molecule has 0 saturated carbocycles. The summed E-state index contributed by atoms with van der Waals surface area (Å²) in [7, 11) is 0. The molecular weight excluding hydrogens is 176 g/mol. The van der Waals surface area contributed by atoms with E-state index in [0.717, 1.165) is 25.7 Å². The van der Waals surface area contributed by atoms with Crippen LogP contribution in [0.3, 0.4) is 0 Å². The standard InChI is InChI=1S/C12H16O2/c13-11-7-3-1-5-9(11)10-6-2-4-8-12(10)14/h1,4-5,8-11,13H,2-3,6-7H2. The van der Waals surface area contributed by atoms with Crippen molar-refractivity contribution < 1.29 is 9.90 Å². The lowest BCUT2D eigenvalue weighted by Crippen LogP contribution is -2.33. The van der Waals surface area contributed by atoms with Crippen molar-refractivity contribution in [2.45, 2.75) is 31.8 Å². The molecule has 0 bridgehead atoms. The fourth-order valence-electron chi connectivity index (χ4n) is 2.37. The zero-order valence-electron chi connectivity index (χ0n) is 8.23. The third kappa shape index (κ3) is 1.80. The Balaban J connectivity index is 2.13. The molecule has 0 aromatic carbocycles. The van der Waals surface area contributed by atoms with Gasteiger partial charge in [0.25, 0.3) is 0 Å².